The molecule has 6 heteroatoms. The van der Waals surface area contributed by atoms with Gasteiger partial charge >= 0.3 is 11.7 Å². The van der Waals surface area contributed by atoms with Gasteiger partial charge in [0, 0.05) is 18.1 Å². The number of benzene rings is 2. The van der Waals surface area contributed by atoms with Gasteiger partial charge < -0.3 is 15.1 Å². The van der Waals surface area contributed by atoms with E-state index >= 15 is 0 Å². The highest BCUT2D eigenvalue weighted by Gasteiger charge is 2.16. The van der Waals surface area contributed by atoms with Crippen LogP contribution in [0.3, 0.4) is 0 Å². The number of fused-ring (bicyclic) bond motifs is 1. The maximum Gasteiger partial charge on any atom is 0.362 e. The largest absolute Gasteiger partial charge is 0.421 e. The third-order valence-electron chi connectivity index (χ3n) is 3.93. The van der Waals surface area contributed by atoms with Crippen LogP contribution in [0.25, 0.3) is 11.0 Å². The van der Waals surface area contributed by atoms with Crippen molar-refractivity contribution in [3.05, 3.63) is 64.0 Å². The maximum atomic E-state index is 12.3. The minimum Gasteiger partial charge on any atom is -0.421 e. The molecule has 25 heavy (non-hydrogen) atoms. The van der Waals surface area contributed by atoms with E-state index in [4.69, 9.17) is 4.42 Å². The maximum absolute atomic E-state index is 12.3. The van der Waals surface area contributed by atoms with E-state index in [1.807, 2.05) is 44.2 Å². The Morgan fingerprint density at radius 3 is 2.48 bits per heavy atom. The lowest BCUT2D eigenvalue weighted by atomic mass is 10.1. The van der Waals surface area contributed by atoms with Crippen LogP contribution in [0.15, 0.2) is 51.7 Å². The van der Waals surface area contributed by atoms with Crippen LogP contribution in [0, 0.1) is 13.8 Å². The Morgan fingerprint density at radius 1 is 1.00 bits per heavy atom. The molecule has 1 aromatic heterocycles. The van der Waals surface area contributed by atoms with Crippen molar-refractivity contribution in [1.29, 1.82) is 0 Å². The highest BCUT2D eigenvalue weighted by atomic mass is 16.4. The Balaban J connectivity index is 1.93. The summed E-state index contributed by atoms with van der Waals surface area (Å²) in [7, 11) is 1.69. The number of para-hydroxylation sites is 1. The van der Waals surface area contributed by atoms with Gasteiger partial charge in [0.1, 0.15) is 5.58 Å². The third-order valence-corrected chi connectivity index (χ3v) is 3.93. The fourth-order valence-electron chi connectivity index (χ4n) is 2.74. The zero-order valence-corrected chi connectivity index (χ0v) is 14.3. The summed E-state index contributed by atoms with van der Waals surface area (Å²) >= 11 is 0. The van der Waals surface area contributed by atoms with Crippen molar-refractivity contribution in [2.45, 2.75) is 13.8 Å². The molecular formula is C19H19N3O3. The summed E-state index contributed by atoms with van der Waals surface area (Å²) < 4.78 is 5.29. The van der Waals surface area contributed by atoms with Crippen molar-refractivity contribution in [2.24, 2.45) is 0 Å². The van der Waals surface area contributed by atoms with Crippen LogP contribution < -0.4 is 21.6 Å². The molecule has 0 aliphatic heterocycles. The molecule has 0 spiro atoms. The number of hydrogen-bond donors (Lipinski definition) is 3. The van der Waals surface area contributed by atoms with Gasteiger partial charge in [0.15, 0.2) is 5.69 Å². The summed E-state index contributed by atoms with van der Waals surface area (Å²) in [6.07, 6.45) is 0. The van der Waals surface area contributed by atoms with E-state index < -0.39 is 11.7 Å². The number of hydrogen-bond acceptors (Lipinski definition) is 4. The van der Waals surface area contributed by atoms with Crippen LogP contribution in [0.5, 0.6) is 0 Å². The summed E-state index contributed by atoms with van der Waals surface area (Å²) in [6, 6.07) is 12.3. The fourth-order valence-corrected chi connectivity index (χ4v) is 2.74. The number of nitrogens with one attached hydrogen (secondary N) is 3. The molecule has 0 aliphatic carbocycles. The number of urea groups is 1. The van der Waals surface area contributed by atoms with Crippen molar-refractivity contribution in [2.75, 3.05) is 23.0 Å². The monoisotopic (exact) mass is 337 g/mol. The van der Waals surface area contributed by atoms with Crippen LogP contribution in [-0.2, 0) is 0 Å². The summed E-state index contributed by atoms with van der Waals surface area (Å²) in [4.78, 5) is 24.6. The first kappa shape index (κ1) is 16.6. The standard InChI is InChI=1S/C19H19N3O3/c1-11-8-9-14(12(2)10-11)21-19(24)22-17-16(20-3)13-6-4-5-7-15(13)25-18(17)23/h4-10,20H,1-3H3,(H2,21,22,24). The molecule has 0 fully saturated rings. The predicted molar refractivity (Wildman–Crippen MR) is 101 cm³/mol. The van der Waals surface area contributed by atoms with Crippen molar-refractivity contribution in [1.82, 2.24) is 0 Å². The number of amides is 2. The summed E-state index contributed by atoms with van der Waals surface area (Å²) in [5.41, 5.74) is 3.16. The average Bonchev–Trinajstić information content (AvgIpc) is 2.58. The lowest BCUT2D eigenvalue weighted by molar-refractivity contribution is 0.262. The van der Waals surface area contributed by atoms with Gasteiger partial charge in [0.2, 0.25) is 0 Å². The Kier molecular flexibility index (Phi) is 4.43. The van der Waals surface area contributed by atoms with E-state index in [9.17, 15) is 9.59 Å². The molecule has 0 aliphatic rings. The second-order valence-corrected chi connectivity index (χ2v) is 5.78. The van der Waals surface area contributed by atoms with E-state index in [0.717, 1.165) is 11.1 Å². The van der Waals surface area contributed by atoms with Gasteiger partial charge in [-0.15, -0.1) is 0 Å². The van der Waals surface area contributed by atoms with Crippen LogP contribution in [0.1, 0.15) is 11.1 Å². The molecule has 0 radical (unpaired) electrons. The first-order valence-corrected chi connectivity index (χ1v) is 7.88. The van der Waals surface area contributed by atoms with E-state index in [0.29, 0.717) is 22.3 Å². The number of carbonyl (C=O) groups excluding carboxylic acids is 1. The molecule has 3 rings (SSSR count). The highest BCUT2D eigenvalue weighted by molar-refractivity contribution is 6.05. The molecule has 0 unspecified atom stereocenters. The number of anilines is 3. The van der Waals surface area contributed by atoms with Gasteiger partial charge in [-0.05, 0) is 37.6 Å². The van der Waals surface area contributed by atoms with Gasteiger partial charge in [-0.1, -0.05) is 29.8 Å². The van der Waals surface area contributed by atoms with Crippen molar-refractivity contribution in [3.8, 4) is 0 Å². The smallest absolute Gasteiger partial charge is 0.362 e. The highest BCUT2D eigenvalue weighted by Crippen LogP contribution is 2.28. The van der Waals surface area contributed by atoms with Gasteiger partial charge in [-0.2, -0.15) is 0 Å². The Hall–Kier alpha value is -3.28. The van der Waals surface area contributed by atoms with Crippen LogP contribution >= 0.6 is 0 Å². The molecule has 0 atom stereocenters. The number of carbonyl (C=O) groups is 1. The van der Waals surface area contributed by atoms with Crippen molar-refractivity contribution < 1.29 is 9.21 Å². The van der Waals surface area contributed by atoms with Gasteiger partial charge in [0.25, 0.3) is 0 Å². The summed E-state index contributed by atoms with van der Waals surface area (Å²) in [6.45, 7) is 3.89. The van der Waals surface area contributed by atoms with Crippen molar-refractivity contribution >= 4 is 34.1 Å². The SMILES string of the molecule is CNc1c(NC(=O)Nc2ccc(C)cc2C)c(=O)oc2ccccc12. The average molecular weight is 337 g/mol. The van der Waals surface area contributed by atoms with E-state index in [2.05, 4.69) is 16.0 Å². The lowest BCUT2D eigenvalue weighted by Gasteiger charge is -2.13. The first-order chi connectivity index (χ1) is 12.0. The molecule has 0 saturated heterocycles. The van der Waals surface area contributed by atoms with Gasteiger partial charge in [-0.25, -0.2) is 9.59 Å². The summed E-state index contributed by atoms with van der Waals surface area (Å²) in [5.74, 6) is 0. The molecule has 2 amide bonds. The van der Waals surface area contributed by atoms with E-state index in [1.54, 1.807) is 19.2 Å². The van der Waals surface area contributed by atoms with Gasteiger partial charge in [0.05, 0.1) is 5.69 Å². The quantitative estimate of drug-likeness (QED) is 0.628. The first-order valence-electron chi connectivity index (χ1n) is 7.88. The predicted octanol–water partition coefficient (Wildman–Crippen LogP) is 4.10. The number of rotatable bonds is 3. The Morgan fingerprint density at radius 2 is 1.76 bits per heavy atom. The van der Waals surface area contributed by atoms with Crippen molar-refractivity contribution in [3.63, 3.8) is 0 Å². The Labute approximate surface area is 144 Å². The normalized spacial score (nSPS) is 10.5. The minimum absolute atomic E-state index is 0.0727. The van der Waals surface area contributed by atoms with E-state index in [1.165, 1.54) is 0 Å². The topological polar surface area (TPSA) is 83.4 Å². The second-order valence-electron chi connectivity index (χ2n) is 5.78. The number of aryl methyl sites for hydroxylation is 2. The lowest BCUT2D eigenvalue weighted by Crippen LogP contribution is -2.24. The molecule has 0 saturated carbocycles. The Bertz CT molecular complexity index is 1010. The third kappa shape index (κ3) is 3.33. The van der Waals surface area contributed by atoms with Crippen LogP contribution in [-0.4, -0.2) is 13.1 Å². The molecule has 1 heterocycles. The molecular weight excluding hydrogens is 318 g/mol. The molecule has 0 bridgehead atoms. The van der Waals surface area contributed by atoms with E-state index in [-0.39, 0.29) is 5.69 Å². The molecule has 128 valence electrons. The van der Waals surface area contributed by atoms with Gasteiger partial charge in [-0.3, -0.25) is 5.32 Å². The molecule has 3 N–H and O–H groups in total. The minimum atomic E-state index is -0.612. The molecule has 6 nitrogen and oxygen atoms in total. The summed E-state index contributed by atoms with van der Waals surface area (Å²) in [5, 5.41) is 9.03. The molecule has 2 aromatic carbocycles. The van der Waals surface area contributed by atoms with Crippen LogP contribution in [0.2, 0.25) is 0 Å². The fraction of sp³-hybridized carbons (Fsp3) is 0.158. The zero-order chi connectivity index (χ0) is 18.0. The second kappa shape index (κ2) is 6.68. The van der Waals surface area contributed by atoms with Crippen LogP contribution in [0.4, 0.5) is 21.9 Å². The zero-order valence-electron chi connectivity index (χ0n) is 14.3. The molecule has 3 aromatic rings.